The Morgan fingerprint density at radius 3 is 2.69 bits per heavy atom. The van der Waals surface area contributed by atoms with Crippen LogP contribution in [0, 0.1) is 18.8 Å². The van der Waals surface area contributed by atoms with Crippen LogP contribution in [0.5, 0.6) is 0 Å². The summed E-state index contributed by atoms with van der Waals surface area (Å²) in [6.07, 6.45) is 0. The van der Waals surface area contributed by atoms with E-state index in [-0.39, 0.29) is 36.9 Å². The number of rotatable bonds is 3. The summed E-state index contributed by atoms with van der Waals surface area (Å²) in [4.78, 5) is 40.3. The molecule has 0 aromatic heterocycles. The molecule has 3 heterocycles. The minimum Gasteiger partial charge on any atom is -0.383 e. The first-order chi connectivity index (χ1) is 12.3. The summed E-state index contributed by atoms with van der Waals surface area (Å²) in [5.74, 6) is -2.29. The van der Waals surface area contributed by atoms with E-state index in [2.05, 4.69) is 10.6 Å². The van der Waals surface area contributed by atoms with Crippen LogP contribution in [0.2, 0.25) is 5.02 Å². The third kappa shape index (κ3) is 2.05. The van der Waals surface area contributed by atoms with E-state index in [4.69, 9.17) is 16.3 Å². The largest absolute Gasteiger partial charge is 0.383 e. The summed E-state index contributed by atoms with van der Waals surface area (Å²) in [6.45, 7) is 4.14. The van der Waals surface area contributed by atoms with E-state index in [1.165, 1.54) is 12.0 Å². The van der Waals surface area contributed by atoms with E-state index in [9.17, 15) is 14.4 Å². The number of halogens is 1. The molecule has 138 valence electrons. The van der Waals surface area contributed by atoms with Crippen molar-refractivity contribution >= 4 is 35.0 Å². The summed E-state index contributed by atoms with van der Waals surface area (Å²) in [5.41, 5.74) is 0.851. The van der Waals surface area contributed by atoms with Crippen molar-refractivity contribution in [2.45, 2.75) is 25.4 Å². The van der Waals surface area contributed by atoms with Gasteiger partial charge in [0.15, 0.2) is 0 Å². The highest BCUT2D eigenvalue weighted by molar-refractivity contribution is 6.31. The van der Waals surface area contributed by atoms with Gasteiger partial charge in [0.25, 0.3) is 0 Å². The monoisotopic (exact) mass is 377 g/mol. The Kier molecular flexibility index (Phi) is 3.87. The van der Waals surface area contributed by atoms with Crippen molar-refractivity contribution in [3.63, 3.8) is 0 Å². The predicted molar refractivity (Wildman–Crippen MR) is 94.7 cm³/mol. The molecule has 3 amide bonds. The number of carbonyl (C=O) groups excluding carboxylic acids is 3. The molecule has 3 aliphatic rings. The Balaban J connectivity index is 1.86. The summed E-state index contributed by atoms with van der Waals surface area (Å²) >= 11 is 6.23. The first-order valence-electron chi connectivity index (χ1n) is 8.57. The molecule has 8 heteroatoms. The van der Waals surface area contributed by atoms with Gasteiger partial charge in [0.1, 0.15) is 5.54 Å². The second kappa shape index (κ2) is 5.77. The third-order valence-electron chi connectivity index (χ3n) is 5.74. The molecule has 4 unspecified atom stereocenters. The topological polar surface area (TPSA) is 87.7 Å². The lowest BCUT2D eigenvalue weighted by Crippen LogP contribution is -2.53. The summed E-state index contributed by atoms with van der Waals surface area (Å²) < 4.78 is 5.02. The van der Waals surface area contributed by atoms with Crippen LogP contribution in [-0.2, 0) is 24.7 Å². The average molecular weight is 378 g/mol. The summed E-state index contributed by atoms with van der Waals surface area (Å²) in [6, 6.07) is 3.15. The molecular formula is C18H20ClN3O4. The van der Waals surface area contributed by atoms with Crippen LogP contribution in [0.3, 0.4) is 0 Å². The van der Waals surface area contributed by atoms with Gasteiger partial charge in [-0.2, -0.15) is 0 Å². The van der Waals surface area contributed by atoms with Crippen LogP contribution in [0.25, 0.3) is 0 Å². The van der Waals surface area contributed by atoms with Gasteiger partial charge in [0.05, 0.1) is 25.0 Å². The lowest BCUT2D eigenvalue weighted by Gasteiger charge is -2.29. The van der Waals surface area contributed by atoms with E-state index < -0.39 is 17.4 Å². The fourth-order valence-corrected chi connectivity index (χ4v) is 4.93. The molecular weight excluding hydrogens is 358 g/mol. The molecule has 3 aliphatic heterocycles. The smallest absolute Gasteiger partial charge is 0.250 e. The lowest BCUT2D eigenvalue weighted by molar-refractivity contribution is -0.143. The molecule has 0 bridgehead atoms. The fourth-order valence-electron chi connectivity index (χ4n) is 4.66. The quantitative estimate of drug-likeness (QED) is 0.768. The first-order valence-corrected chi connectivity index (χ1v) is 8.94. The van der Waals surface area contributed by atoms with Gasteiger partial charge in [-0.15, -0.1) is 0 Å². The second-order valence-electron chi connectivity index (χ2n) is 7.16. The average Bonchev–Trinajstić information content (AvgIpc) is 3.13. The number of anilines is 1. The SMILES string of the molecule is COCCN1C(=O)C2C(C)NC3(C(=O)Nc4c(C)cc(Cl)cc43)C2C1=O. The Labute approximate surface area is 156 Å². The first kappa shape index (κ1) is 17.5. The van der Waals surface area contributed by atoms with E-state index >= 15 is 0 Å². The molecule has 7 nitrogen and oxygen atoms in total. The summed E-state index contributed by atoms with van der Waals surface area (Å²) in [7, 11) is 1.52. The maximum atomic E-state index is 13.1. The Morgan fingerprint density at radius 1 is 1.27 bits per heavy atom. The van der Waals surface area contributed by atoms with Crippen molar-refractivity contribution in [1.82, 2.24) is 10.2 Å². The van der Waals surface area contributed by atoms with Gasteiger partial charge in [0, 0.05) is 29.4 Å². The van der Waals surface area contributed by atoms with E-state index in [0.717, 1.165) is 5.56 Å². The van der Waals surface area contributed by atoms with Gasteiger partial charge in [-0.1, -0.05) is 11.6 Å². The number of ether oxygens (including phenoxy) is 1. The van der Waals surface area contributed by atoms with Gasteiger partial charge < -0.3 is 10.1 Å². The van der Waals surface area contributed by atoms with Gasteiger partial charge in [0.2, 0.25) is 17.7 Å². The van der Waals surface area contributed by atoms with Crippen molar-refractivity contribution < 1.29 is 19.1 Å². The van der Waals surface area contributed by atoms with Gasteiger partial charge in [-0.05, 0) is 31.5 Å². The zero-order valence-corrected chi connectivity index (χ0v) is 15.5. The van der Waals surface area contributed by atoms with Crippen LogP contribution in [0.4, 0.5) is 5.69 Å². The van der Waals surface area contributed by atoms with Crippen LogP contribution in [0.1, 0.15) is 18.1 Å². The molecule has 2 fully saturated rings. The molecule has 0 aliphatic carbocycles. The van der Waals surface area contributed by atoms with E-state index in [1.54, 1.807) is 12.1 Å². The molecule has 2 N–H and O–H groups in total. The van der Waals surface area contributed by atoms with Crippen LogP contribution in [-0.4, -0.2) is 48.9 Å². The van der Waals surface area contributed by atoms with E-state index in [1.807, 2.05) is 13.8 Å². The fraction of sp³-hybridized carbons (Fsp3) is 0.500. The van der Waals surface area contributed by atoms with Gasteiger partial charge >= 0.3 is 0 Å². The maximum absolute atomic E-state index is 13.1. The summed E-state index contributed by atoms with van der Waals surface area (Å²) in [5, 5.41) is 6.63. The van der Waals surface area contributed by atoms with Crippen molar-refractivity contribution in [1.29, 1.82) is 0 Å². The van der Waals surface area contributed by atoms with Crippen molar-refractivity contribution in [2.24, 2.45) is 11.8 Å². The molecule has 26 heavy (non-hydrogen) atoms. The number of fused-ring (bicyclic) bond motifs is 4. The maximum Gasteiger partial charge on any atom is 0.250 e. The highest BCUT2D eigenvalue weighted by Gasteiger charge is 2.69. The molecule has 1 aromatic carbocycles. The standard InChI is InChI=1S/C18H20ClN3O4/c1-8-6-10(19)7-11-14(8)20-17(25)18(11)13-12(9(2)21-18)15(23)22(16(13)24)4-5-26-3/h6-7,9,12-13,21H,4-5H2,1-3H3,(H,20,25). The number of carbonyl (C=O) groups is 3. The Morgan fingerprint density at radius 2 is 2.00 bits per heavy atom. The predicted octanol–water partition coefficient (Wildman–Crippen LogP) is 1.04. The lowest BCUT2D eigenvalue weighted by atomic mass is 9.76. The molecule has 0 radical (unpaired) electrons. The highest BCUT2D eigenvalue weighted by atomic mass is 35.5. The molecule has 1 spiro atoms. The number of hydrogen-bond acceptors (Lipinski definition) is 5. The number of likely N-dealkylation sites (tertiary alicyclic amines) is 1. The second-order valence-corrected chi connectivity index (χ2v) is 7.60. The van der Waals surface area contributed by atoms with Crippen LogP contribution >= 0.6 is 11.6 Å². The minimum absolute atomic E-state index is 0.188. The van der Waals surface area contributed by atoms with Gasteiger partial charge in [-0.25, -0.2) is 0 Å². The number of hydrogen-bond donors (Lipinski definition) is 2. The third-order valence-corrected chi connectivity index (χ3v) is 5.96. The van der Waals surface area contributed by atoms with Crippen molar-refractivity contribution in [3.8, 4) is 0 Å². The van der Waals surface area contributed by atoms with Crippen molar-refractivity contribution in [3.05, 3.63) is 28.3 Å². The highest BCUT2D eigenvalue weighted by Crippen LogP contribution is 2.53. The van der Waals surface area contributed by atoms with E-state index in [0.29, 0.717) is 16.3 Å². The molecule has 4 atom stereocenters. The number of nitrogens with zero attached hydrogens (tertiary/aromatic N) is 1. The number of benzene rings is 1. The normalized spacial score (nSPS) is 32.4. The zero-order chi connectivity index (χ0) is 18.8. The molecule has 2 saturated heterocycles. The molecule has 1 aromatic rings. The zero-order valence-electron chi connectivity index (χ0n) is 14.8. The van der Waals surface area contributed by atoms with Crippen molar-refractivity contribution in [2.75, 3.05) is 25.6 Å². The van der Waals surface area contributed by atoms with Crippen LogP contribution in [0.15, 0.2) is 12.1 Å². The van der Waals surface area contributed by atoms with Gasteiger partial charge in [-0.3, -0.25) is 24.6 Å². The number of amides is 3. The minimum atomic E-state index is -1.27. The number of aryl methyl sites for hydroxylation is 1. The molecule has 4 rings (SSSR count). The Bertz CT molecular complexity index is 842. The Hall–Kier alpha value is -1.96. The van der Waals surface area contributed by atoms with Crippen LogP contribution < -0.4 is 10.6 Å². The molecule has 0 saturated carbocycles. The number of methoxy groups -OCH3 is 1. The number of nitrogens with one attached hydrogen (secondary N) is 2. The number of imide groups is 1.